The lowest BCUT2D eigenvalue weighted by molar-refractivity contribution is 0.0199. The molecule has 0 spiro atoms. The second-order valence-electron chi connectivity index (χ2n) is 9.33. The first kappa shape index (κ1) is 23.7. The Hall–Kier alpha value is -3.40. The third-order valence-corrected chi connectivity index (χ3v) is 6.86. The molecule has 2 aromatic rings. The molecule has 2 aliphatic heterocycles. The highest BCUT2D eigenvalue weighted by Gasteiger charge is 2.29. The maximum absolute atomic E-state index is 12.7. The summed E-state index contributed by atoms with van der Waals surface area (Å²) < 4.78 is 33.6. The number of piperidine rings is 1. The predicted octanol–water partition coefficient (Wildman–Crippen LogP) is 3.38. The topological polar surface area (TPSA) is 117 Å². The summed E-state index contributed by atoms with van der Waals surface area (Å²) in [5.41, 5.74) is 1.09. The van der Waals surface area contributed by atoms with Gasteiger partial charge in [-0.05, 0) is 70.0 Å². The number of nitrogens with zero attached hydrogens (tertiary/aromatic N) is 2. The number of carbonyl (C=O) groups excluding carboxylic acids is 2. The van der Waals surface area contributed by atoms with Crippen LogP contribution in [-0.2, 0) is 14.8 Å². The van der Waals surface area contributed by atoms with Gasteiger partial charge in [0, 0.05) is 35.9 Å². The summed E-state index contributed by atoms with van der Waals surface area (Å²) in [5, 5.41) is 6.04. The van der Waals surface area contributed by atoms with Gasteiger partial charge in [0.25, 0.3) is 15.9 Å². The molecule has 2 N–H and O–H groups in total. The second-order valence-corrected chi connectivity index (χ2v) is 10.9. The van der Waals surface area contributed by atoms with Crippen molar-refractivity contribution in [3.05, 3.63) is 59.7 Å². The lowest BCUT2D eigenvalue weighted by atomic mass is 10.0. The number of hydrogen-bond acceptors (Lipinski definition) is 6. The number of hydrogen-bond donors (Lipinski definition) is 2. The maximum Gasteiger partial charge on any atom is 0.410 e. The molecule has 10 heteroatoms. The van der Waals surface area contributed by atoms with E-state index in [1.807, 2.05) is 20.8 Å². The highest BCUT2D eigenvalue weighted by atomic mass is 32.2. The molecule has 1 fully saturated rings. The largest absolute Gasteiger partial charge is 0.444 e. The van der Waals surface area contributed by atoms with Crippen molar-refractivity contribution in [2.24, 2.45) is 4.40 Å². The summed E-state index contributed by atoms with van der Waals surface area (Å²) in [7, 11) is -3.70. The number of amides is 2. The quantitative estimate of drug-likeness (QED) is 0.690. The van der Waals surface area contributed by atoms with Gasteiger partial charge in [-0.1, -0.05) is 12.1 Å². The summed E-state index contributed by atoms with van der Waals surface area (Å²) in [4.78, 5) is 26.7. The molecular formula is C24H28N4O5S. The Morgan fingerprint density at radius 1 is 1.03 bits per heavy atom. The standard InChI is InChI=1S/C24H28N4O5S/c1-24(2,3)33-23(30)28-14-12-18(13-15-28)26-22(29)16-8-10-17(11-9-16)25-21-19-6-4-5-7-20(19)34(31,32)27-21/h4-11,18H,12-15H2,1-3H3,(H,25,27)(H,26,29). The van der Waals surface area contributed by atoms with E-state index in [1.165, 1.54) is 6.07 Å². The minimum Gasteiger partial charge on any atom is -0.444 e. The summed E-state index contributed by atoms with van der Waals surface area (Å²) in [6, 6.07) is 13.3. The van der Waals surface area contributed by atoms with Crippen LogP contribution in [0.4, 0.5) is 10.5 Å². The normalized spacial score (nSPS) is 17.5. The molecule has 0 unspecified atom stereocenters. The number of rotatable bonds is 3. The van der Waals surface area contributed by atoms with Crippen LogP contribution in [0.25, 0.3) is 0 Å². The molecule has 9 nitrogen and oxygen atoms in total. The number of sulfonamides is 1. The van der Waals surface area contributed by atoms with Gasteiger partial charge in [0.1, 0.15) is 10.5 Å². The van der Waals surface area contributed by atoms with Gasteiger partial charge in [0.2, 0.25) is 0 Å². The maximum atomic E-state index is 12.7. The monoisotopic (exact) mass is 484 g/mol. The average molecular weight is 485 g/mol. The van der Waals surface area contributed by atoms with Gasteiger partial charge >= 0.3 is 6.09 Å². The molecule has 0 radical (unpaired) electrons. The zero-order valence-electron chi connectivity index (χ0n) is 19.4. The van der Waals surface area contributed by atoms with Crippen LogP contribution < -0.4 is 10.6 Å². The van der Waals surface area contributed by atoms with E-state index < -0.39 is 15.6 Å². The molecular weight excluding hydrogens is 456 g/mol. The highest BCUT2D eigenvalue weighted by Crippen LogP contribution is 2.26. The molecule has 180 valence electrons. The van der Waals surface area contributed by atoms with Crippen LogP contribution in [0.15, 0.2) is 57.8 Å². The number of likely N-dealkylation sites (tertiary alicyclic amines) is 1. The first-order chi connectivity index (χ1) is 16.0. The number of fused-ring (bicyclic) bond motifs is 1. The Morgan fingerprint density at radius 3 is 2.32 bits per heavy atom. The van der Waals surface area contributed by atoms with Crippen LogP contribution in [0.5, 0.6) is 0 Å². The van der Waals surface area contributed by atoms with Crippen molar-refractivity contribution < 1.29 is 22.7 Å². The lowest BCUT2D eigenvalue weighted by Gasteiger charge is -2.33. The summed E-state index contributed by atoms with van der Waals surface area (Å²) in [6.45, 7) is 6.55. The second kappa shape index (κ2) is 9.09. The van der Waals surface area contributed by atoms with E-state index in [4.69, 9.17) is 4.74 Å². The van der Waals surface area contributed by atoms with Crippen LogP contribution in [0.2, 0.25) is 0 Å². The van der Waals surface area contributed by atoms with Crippen molar-refractivity contribution in [2.75, 3.05) is 18.4 Å². The fourth-order valence-corrected chi connectivity index (χ4v) is 5.02. The number of amidine groups is 1. The van der Waals surface area contributed by atoms with Gasteiger partial charge in [0.15, 0.2) is 5.84 Å². The van der Waals surface area contributed by atoms with E-state index in [-0.39, 0.29) is 28.8 Å². The molecule has 2 aromatic carbocycles. The van der Waals surface area contributed by atoms with Gasteiger partial charge in [0.05, 0.1) is 0 Å². The Labute approximate surface area is 199 Å². The van der Waals surface area contributed by atoms with E-state index in [2.05, 4.69) is 15.0 Å². The van der Waals surface area contributed by atoms with Gasteiger partial charge in [-0.3, -0.25) is 4.79 Å². The number of anilines is 1. The molecule has 1 saturated heterocycles. The summed E-state index contributed by atoms with van der Waals surface area (Å²) in [5.74, 6) is 0.0537. The van der Waals surface area contributed by atoms with Crippen LogP contribution in [0.1, 0.15) is 49.5 Å². The van der Waals surface area contributed by atoms with Crippen LogP contribution in [-0.4, -0.2) is 55.9 Å². The molecule has 2 aliphatic rings. The molecule has 34 heavy (non-hydrogen) atoms. The fraction of sp³-hybridized carbons (Fsp3) is 0.375. The number of carbonyl (C=O) groups is 2. The van der Waals surface area contributed by atoms with Gasteiger partial charge in [-0.25, -0.2) is 4.79 Å². The van der Waals surface area contributed by atoms with Crippen molar-refractivity contribution in [3.63, 3.8) is 0 Å². The van der Waals surface area contributed by atoms with E-state index in [9.17, 15) is 18.0 Å². The number of ether oxygens (including phenoxy) is 1. The molecule has 4 rings (SSSR count). The molecule has 0 aliphatic carbocycles. The molecule has 2 heterocycles. The summed E-state index contributed by atoms with van der Waals surface area (Å²) >= 11 is 0. The number of nitrogens with one attached hydrogen (secondary N) is 2. The first-order valence-corrected chi connectivity index (χ1v) is 12.6. The molecule has 2 amide bonds. The van der Waals surface area contributed by atoms with E-state index in [0.29, 0.717) is 42.7 Å². The van der Waals surface area contributed by atoms with E-state index >= 15 is 0 Å². The lowest BCUT2D eigenvalue weighted by Crippen LogP contribution is -2.47. The SMILES string of the molecule is CC(C)(C)OC(=O)N1CCC(NC(=O)c2ccc(NC3=NS(=O)(=O)c4ccccc43)cc2)CC1. The minimum absolute atomic E-state index is 0.0291. The van der Waals surface area contributed by atoms with Crippen molar-refractivity contribution in [3.8, 4) is 0 Å². The Bertz CT molecular complexity index is 1220. The molecule has 0 saturated carbocycles. The van der Waals surface area contributed by atoms with Crippen molar-refractivity contribution in [1.29, 1.82) is 0 Å². The van der Waals surface area contributed by atoms with Crippen molar-refractivity contribution >= 4 is 33.5 Å². The Balaban J connectivity index is 1.32. The highest BCUT2D eigenvalue weighted by molar-refractivity contribution is 7.90. The Morgan fingerprint density at radius 2 is 1.68 bits per heavy atom. The van der Waals surface area contributed by atoms with Gasteiger partial charge in [-0.15, -0.1) is 4.40 Å². The average Bonchev–Trinajstić information content (AvgIpc) is 3.03. The minimum atomic E-state index is -3.70. The van der Waals surface area contributed by atoms with Crippen molar-refractivity contribution in [1.82, 2.24) is 10.2 Å². The third kappa shape index (κ3) is 5.39. The van der Waals surface area contributed by atoms with E-state index in [1.54, 1.807) is 47.4 Å². The molecule has 0 bridgehead atoms. The third-order valence-electron chi connectivity index (χ3n) is 5.52. The van der Waals surface area contributed by atoms with Crippen LogP contribution >= 0.6 is 0 Å². The molecule has 0 aromatic heterocycles. The fourth-order valence-electron chi connectivity index (χ4n) is 3.84. The first-order valence-electron chi connectivity index (χ1n) is 11.1. The molecule has 0 atom stereocenters. The van der Waals surface area contributed by atoms with E-state index in [0.717, 1.165) is 0 Å². The van der Waals surface area contributed by atoms with Crippen LogP contribution in [0, 0.1) is 0 Å². The van der Waals surface area contributed by atoms with Gasteiger partial charge in [-0.2, -0.15) is 8.42 Å². The zero-order chi connectivity index (χ0) is 24.5. The summed E-state index contributed by atoms with van der Waals surface area (Å²) in [6.07, 6.45) is 0.971. The predicted molar refractivity (Wildman–Crippen MR) is 129 cm³/mol. The van der Waals surface area contributed by atoms with Crippen molar-refractivity contribution in [2.45, 2.75) is 50.2 Å². The van der Waals surface area contributed by atoms with Gasteiger partial charge < -0.3 is 20.3 Å². The smallest absolute Gasteiger partial charge is 0.410 e. The van der Waals surface area contributed by atoms with Crippen LogP contribution in [0.3, 0.4) is 0 Å². The zero-order valence-corrected chi connectivity index (χ0v) is 20.2. The number of benzene rings is 2. The Kier molecular flexibility index (Phi) is 6.35.